The van der Waals surface area contributed by atoms with Crippen molar-refractivity contribution in [3.63, 3.8) is 0 Å². The highest BCUT2D eigenvalue weighted by atomic mass is 16.5. The molecule has 2 aliphatic carbocycles. The zero-order valence-corrected chi connectivity index (χ0v) is 11.0. The van der Waals surface area contributed by atoms with E-state index in [4.69, 9.17) is 9.47 Å². The summed E-state index contributed by atoms with van der Waals surface area (Å²) in [5.41, 5.74) is 0. The number of Topliss-reactive ketones (excluding diaryl/α,β-unsaturated/α-hetero) is 1. The van der Waals surface area contributed by atoms with E-state index in [1.807, 2.05) is 0 Å². The summed E-state index contributed by atoms with van der Waals surface area (Å²) in [7, 11) is 1.71. The molecule has 0 saturated heterocycles. The van der Waals surface area contributed by atoms with E-state index in [0.717, 1.165) is 25.7 Å². The van der Waals surface area contributed by atoms with Gasteiger partial charge in [0, 0.05) is 26.4 Å². The fraction of sp³-hybridized carbons (Fsp3) is 0.857. The first-order chi connectivity index (χ1) is 8.69. The van der Waals surface area contributed by atoms with E-state index in [1.165, 1.54) is 0 Å². The summed E-state index contributed by atoms with van der Waals surface area (Å²) in [4.78, 5) is 23.1. The molecule has 0 radical (unpaired) electrons. The van der Waals surface area contributed by atoms with Crippen LogP contribution in [0.15, 0.2) is 0 Å². The lowest BCUT2D eigenvalue weighted by atomic mass is 9.88. The van der Waals surface area contributed by atoms with Crippen molar-refractivity contribution in [3.8, 4) is 0 Å². The largest absolute Gasteiger partial charge is 0.462 e. The van der Waals surface area contributed by atoms with Crippen LogP contribution in [0.3, 0.4) is 0 Å². The second-order valence-corrected chi connectivity index (χ2v) is 5.40. The third kappa shape index (κ3) is 3.55. The van der Waals surface area contributed by atoms with Crippen LogP contribution in [0.5, 0.6) is 0 Å². The van der Waals surface area contributed by atoms with Crippen LogP contribution in [0.4, 0.5) is 0 Å². The third-order valence-corrected chi connectivity index (χ3v) is 4.07. The summed E-state index contributed by atoms with van der Waals surface area (Å²) >= 11 is 0. The molecule has 0 aromatic rings. The van der Waals surface area contributed by atoms with Gasteiger partial charge in [-0.2, -0.15) is 0 Å². The molecule has 2 saturated carbocycles. The Morgan fingerprint density at radius 1 is 1.11 bits per heavy atom. The Hall–Kier alpha value is -0.900. The van der Waals surface area contributed by atoms with Gasteiger partial charge in [-0.15, -0.1) is 0 Å². The normalized spacial score (nSPS) is 30.2. The fourth-order valence-corrected chi connectivity index (χ4v) is 2.86. The monoisotopic (exact) mass is 254 g/mol. The number of methoxy groups -OCH3 is 1. The van der Waals surface area contributed by atoms with E-state index < -0.39 is 0 Å². The zero-order chi connectivity index (χ0) is 13.0. The van der Waals surface area contributed by atoms with E-state index in [0.29, 0.717) is 25.7 Å². The number of esters is 1. The molecule has 2 atom stereocenters. The number of ether oxygens (including phenoxy) is 2. The first-order valence-electron chi connectivity index (χ1n) is 6.94. The maximum absolute atomic E-state index is 12.0. The second-order valence-electron chi connectivity index (χ2n) is 5.40. The molecule has 0 heterocycles. The number of rotatable bonds is 3. The lowest BCUT2D eigenvalue weighted by Gasteiger charge is -2.29. The van der Waals surface area contributed by atoms with Gasteiger partial charge in [0.1, 0.15) is 11.9 Å². The first kappa shape index (κ1) is 13.5. The number of carbonyl (C=O) groups excluding carboxylic acids is 2. The number of hydrogen-bond donors (Lipinski definition) is 0. The highest BCUT2D eigenvalue weighted by Crippen LogP contribution is 2.27. The van der Waals surface area contributed by atoms with Gasteiger partial charge in [-0.1, -0.05) is 0 Å². The van der Waals surface area contributed by atoms with Crippen molar-refractivity contribution >= 4 is 11.8 Å². The standard InChI is InChI=1S/C14H22O4/c1-17-12-3-2-4-13(9-12)18-14(16)10-5-7-11(15)8-6-10/h10,12-13H,2-9H2,1H3/t12-,13+/m1/s1. The van der Waals surface area contributed by atoms with Crippen LogP contribution in [-0.4, -0.2) is 31.1 Å². The minimum Gasteiger partial charge on any atom is -0.462 e. The lowest BCUT2D eigenvalue weighted by Crippen LogP contribution is -2.32. The van der Waals surface area contributed by atoms with Crippen molar-refractivity contribution in [2.24, 2.45) is 5.92 Å². The fourth-order valence-electron chi connectivity index (χ4n) is 2.86. The molecule has 2 aliphatic rings. The SMILES string of the molecule is CO[C@@H]1CCC[C@H](OC(=O)C2CCC(=O)CC2)C1. The van der Waals surface area contributed by atoms with Crippen LogP contribution in [0.2, 0.25) is 0 Å². The predicted molar refractivity (Wildman–Crippen MR) is 66.1 cm³/mol. The van der Waals surface area contributed by atoms with Crippen molar-refractivity contribution in [2.75, 3.05) is 7.11 Å². The molecule has 2 fully saturated rings. The molecule has 0 aliphatic heterocycles. The van der Waals surface area contributed by atoms with Crippen molar-refractivity contribution in [3.05, 3.63) is 0 Å². The van der Waals surface area contributed by atoms with Crippen LogP contribution in [-0.2, 0) is 19.1 Å². The van der Waals surface area contributed by atoms with E-state index in [2.05, 4.69) is 0 Å². The molecule has 4 nitrogen and oxygen atoms in total. The average Bonchev–Trinajstić information content (AvgIpc) is 2.39. The summed E-state index contributed by atoms with van der Waals surface area (Å²) < 4.78 is 10.9. The Morgan fingerprint density at radius 2 is 1.78 bits per heavy atom. The number of ketones is 1. The molecular weight excluding hydrogens is 232 g/mol. The molecule has 4 heteroatoms. The van der Waals surface area contributed by atoms with Gasteiger partial charge >= 0.3 is 5.97 Å². The molecule has 2 rings (SSSR count). The Balaban J connectivity index is 1.78. The van der Waals surface area contributed by atoms with E-state index in [9.17, 15) is 9.59 Å². The Morgan fingerprint density at radius 3 is 2.44 bits per heavy atom. The molecule has 0 aromatic heterocycles. The molecule has 0 unspecified atom stereocenters. The summed E-state index contributed by atoms with van der Waals surface area (Å²) in [6.45, 7) is 0. The Labute approximate surface area is 108 Å². The summed E-state index contributed by atoms with van der Waals surface area (Å²) in [5, 5.41) is 0. The highest BCUT2D eigenvalue weighted by Gasteiger charge is 2.30. The maximum Gasteiger partial charge on any atom is 0.309 e. The Bertz CT molecular complexity index is 303. The Kier molecular flexibility index (Phi) is 4.75. The van der Waals surface area contributed by atoms with Crippen LogP contribution < -0.4 is 0 Å². The number of carbonyl (C=O) groups is 2. The van der Waals surface area contributed by atoms with E-state index in [1.54, 1.807) is 7.11 Å². The zero-order valence-electron chi connectivity index (χ0n) is 11.0. The van der Waals surface area contributed by atoms with Crippen molar-refractivity contribution in [1.82, 2.24) is 0 Å². The first-order valence-corrected chi connectivity index (χ1v) is 6.94. The summed E-state index contributed by atoms with van der Waals surface area (Å²) in [6.07, 6.45) is 6.50. The minimum absolute atomic E-state index is 0.00817. The van der Waals surface area contributed by atoms with Crippen LogP contribution in [0.25, 0.3) is 0 Å². The van der Waals surface area contributed by atoms with Crippen molar-refractivity contribution < 1.29 is 19.1 Å². The van der Waals surface area contributed by atoms with Gasteiger partial charge in [-0.25, -0.2) is 0 Å². The smallest absolute Gasteiger partial charge is 0.309 e. The maximum atomic E-state index is 12.0. The predicted octanol–water partition coefficient (Wildman–Crippen LogP) is 2.25. The van der Waals surface area contributed by atoms with Gasteiger partial charge < -0.3 is 9.47 Å². The van der Waals surface area contributed by atoms with Crippen LogP contribution in [0.1, 0.15) is 51.4 Å². The highest BCUT2D eigenvalue weighted by molar-refractivity contribution is 5.82. The number of hydrogen-bond acceptors (Lipinski definition) is 4. The van der Waals surface area contributed by atoms with Gasteiger partial charge in [0.05, 0.1) is 12.0 Å². The van der Waals surface area contributed by atoms with Crippen LogP contribution in [0, 0.1) is 5.92 Å². The van der Waals surface area contributed by atoms with Crippen LogP contribution >= 0.6 is 0 Å². The topological polar surface area (TPSA) is 52.6 Å². The van der Waals surface area contributed by atoms with E-state index in [-0.39, 0.29) is 29.9 Å². The van der Waals surface area contributed by atoms with Gasteiger partial charge in [0.25, 0.3) is 0 Å². The van der Waals surface area contributed by atoms with Gasteiger partial charge in [-0.05, 0) is 32.1 Å². The summed E-state index contributed by atoms with van der Waals surface area (Å²) in [5.74, 6) is 0.103. The van der Waals surface area contributed by atoms with Gasteiger partial charge in [0.15, 0.2) is 0 Å². The van der Waals surface area contributed by atoms with Gasteiger partial charge in [-0.3, -0.25) is 9.59 Å². The van der Waals surface area contributed by atoms with Gasteiger partial charge in [0.2, 0.25) is 0 Å². The third-order valence-electron chi connectivity index (χ3n) is 4.07. The molecule has 0 N–H and O–H groups in total. The lowest BCUT2D eigenvalue weighted by molar-refractivity contribution is -0.159. The van der Waals surface area contributed by atoms with Crippen molar-refractivity contribution in [1.29, 1.82) is 0 Å². The second kappa shape index (κ2) is 6.32. The molecule has 0 bridgehead atoms. The van der Waals surface area contributed by atoms with E-state index >= 15 is 0 Å². The van der Waals surface area contributed by atoms with Crippen molar-refractivity contribution in [2.45, 2.75) is 63.6 Å². The minimum atomic E-state index is -0.107. The molecular formula is C14H22O4. The molecule has 0 aromatic carbocycles. The molecule has 18 heavy (non-hydrogen) atoms. The average molecular weight is 254 g/mol. The quantitative estimate of drug-likeness (QED) is 0.725. The molecule has 0 amide bonds. The molecule has 0 spiro atoms. The molecule has 102 valence electrons. The summed E-state index contributed by atoms with van der Waals surface area (Å²) in [6, 6.07) is 0.